The molecule has 0 saturated carbocycles. The molecule has 0 heterocycles. The Hall–Kier alpha value is -0.0800. The highest BCUT2D eigenvalue weighted by Crippen LogP contribution is 2.12. The van der Waals surface area contributed by atoms with E-state index in [1.165, 1.54) is 25.7 Å². The van der Waals surface area contributed by atoms with Gasteiger partial charge in [0.1, 0.15) is 0 Å². The van der Waals surface area contributed by atoms with Crippen molar-refractivity contribution in [3.63, 3.8) is 0 Å². The van der Waals surface area contributed by atoms with E-state index in [1.807, 2.05) is 13.8 Å². The quantitative estimate of drug-likeness (QED) is 0.562. The van der Waals surface area contributed by atoms with Crippen LogP contribution in [0.4, 0.5) is 0 Å². The van der Waals surface area contributed by atoms with Crippen LogP contribution in [-0.4, -0.2) is 23.8 Å². The van der Waals surface area contributed by atoms with Gasteiger partial charge in [0.15, 0.2) is 0 Å². The summed E-state index contributed by atoms with van der Waals surface area (Å²) < 4.78 is 0. The van der Waals surface area contributed by atoms with Gasteiger partial charge in [-0.3, -0.25) is 0 Å². The summed E-state index contributed by atoms with van der Waals surface area (Å²) in [6.07, 6.45) is 6.83. The normalized spacial score (nSPS) is 12.0. The molecule has 2 N–H and O–H groups in total. The van der Waals surface area contributed by atoms with E-state index in [4.69, 9.17) is 0 Å². The molecule has 0 aliphatic rings. The van der Waals surface area contributed by atoms with E-state index in [0.29, 0.717) is 0 Å². The molecule has 0 bridgehead atoms. The third-order valence-corrected chi connectivity index (χ3v) is 2.98. The first kappa shape index (κ1) is 13.9. The number of rotatable bonds is 9. The number of unbranched alkanes of at least 4 members (excludes halogenated alkanes) is 3. The summed E-state index contributed by atoms with van der Waals surface area (Å²) in [6.45, 7) is 8.10. The highest BCUT2D eigenvalue weighted by atomic mass is 16.3. The molecule has 2 nitrogen and oxygen atoms in total. The summed E-state index contributed by atoms with van der Waals surface area (Å²) in [5.74, 6) is 0. The maximum atomic E-state index is 9.97. The van der Waals surface area contributed by atoms with Gasteiger partial charge in [-0.05, 0) is 25.8 Å². The lowest BCUT2D eigenvalue weighted by Crippen LogP contribution is -2.39. The van der Waals surface area contributed by atoms with E-state index >= 15 is 0 Å². The fourth-order valence-electron chi connectivity index (χ4n) is 1.50. The van der Waals surface area contributed by atoms with Crippen LogP contribution in [0.15, 0.2) is 0 Å². The van der Waals surface area contributed by atoms with Crippen molar-refractivity contribution in [3.8, 4) is 0 Å². The summed E-state index contributed by atoms with van der Waals surface area (Å²) in [7, 11) is 0. The molecule has 0 unspecified atom stereocenters. The van der Waals surface area contributed by atoms with Crippen LogP contribution in [0.3, 0.4) is 0 Å². The van der Waals surface area contributed by atoms with Gasteiger partial charge in [-0.25, -0.2) is 0 Å². The lowest BCUT2D eigenvalue weighted by molar-refractivity contribution is 0.0327. The molecular formula is C12H27NO. The van der Waals surface area contributed by atoms with Gasteiger partial charge in [-0.2, -0.15) is 0 Å². The van der Waals surface area contributed by atoms with Crippen LogP contribution >= 0.6 is 0 Å². The van der Waals surface area contributed by atoms with E-state index in [1.54, 1.807) is 0 Å². The molecular weight excluding hydrogens is 174 g/mol. The van der Waals surface area contributed by atoms with Crippen LogP contribution in [0.2, 0.25) is 0 Å². The van der Waals surface area contributed by atoms with Crippen molar-refractivity contribution in [1.29, 1.82) is 0 Å². The maximum absolute atomic E-state index is 9.97. The fourth-order valence-corrected chi connectivity index (χ4v) is 1.50. The summed E-state index contributed by atoms with van der Waals surface area (Å²) in [6, 6.07) is 0. The average Bonchev–Trinajstić information content (AvgIpc) is 2.23. The second-order valence-corrected chi connectivity index (χ2v) is 4.17. The number of aliphatic hydroxyl groups is 1. The molecule has 0 spiro atoms. The molecule has 0 amide bonds. The second-order valence-electron chi connectivity index (χ2n) is 4.17. The van der Waals surface area contributed by atoms with Crippen LogP contribution < -0.4 is 5.32 Å². The molecule has 14 heavy (non-hydrogen) atoms. The van der Waals surface area contributed by atoms with Gasteiger partial charge in [0.2, 0.25) is 0 Å². The highest BCUT2D eigenvalue weighted by Gasteiger charge is 2.20. The zero-order valence-corrected chi connectivity index (χ0v) is 10.1. The number of nitrogens with one attached hydrogen (secondary N) is 1. The Labute approximate surface area is 89.1 Å². The third kappa shape index (κ3) is 6.39. The van der Waals surface area contributed by atoms with Crippen LogP contribution in [0.5, 0.6) is 0 Å². The van der Waals surface area contributed by atoms with Gasteiger partial charge < -0.3 is 10.4 Å². The van der Waals surface area contributed by atoms with Crippen molar-refractivity contribution in [3.05, 3.63) is 0 Å². The largest absolute Gasteiger partial charge is 0.389 e. The molecule has 0 aliphatic carbocycles. The molecule has 0 aromatic carbocycles. The molecule has 0 saturated heterocycles. The predicted molar refractivity (Wildman–Crippen MR) is 62.5 cm³/mol. The summed E-state index contributed by atoms with van der Waals surface area (Å²) >= 11 is 0. The highest BCUT2D eigenvalue weighted by molar-refractivity contribution is 4.77. The Morgan fingerprint density at radius 3 is 2.14 bits per heavy atom. The standard InChI is InChI=1S/C12H27NO/c1-4-7-8-9-10-13-11-12(14,5-2)6-3/h13-14H,4-11H2,1-3H3. The van der Waals surface area contributed by atoms with E-state index in [9.17, 15) is 5.11 Å². The van der Waals surface area contributed by atoms with E-state index < -0.39 is 5.60 Å². The minimum absolute atomic E-state index is 0.481. The van der Waals surface area contributed by atoms with Gasteiger partial charge >= 0.3 is 0 Å². The van der Waals surface area contributed by atoms with Gasteiger partial charge in [0, 0.05) is 6.54 Å². The first-order valence-corrected chi connectivity index (χ1v) is 6.11. The van der Waals surface area contributed by atoms with Crippen molar-refractivity contribution >= 4 is 0 Å². The summed E-state index contributed by atoms with van der Waals surface area (Å²) in [4.78, 5) is 0. The smallest absolute Gasteiger partial charge is 0.0766 e. The Kier molecular flexibility index (Phi) is 8.20. The Morgan fingerprint density at radius 2 is 1.64 bits per heavy atom. The van der Waals surface area contributed by atoms with Gasteiger partial charge in [-0.1, -0.05) is 40.0 Å². The molecule has 0 aromatic rings. The van der Waals surface area contributed by atoms with Crippen LogP contribution in [0, 0.1) is 0 Å². The van der Waals surface area contributed by atoms with Gasteiger partial charge in [-0.15, -0.1) is 0 Å². The SMILES string of the molecule is CCCCCCNCC(O)(CC)CC. The number of hydrogen-bond donors (Lipinski definition) is 2. The molecule has 0 fully saturated rings. The van der Waals surface area contributed by atoms with Crippen LogP contribution in [0.1, 0.15) is 59.3 Å². The molecule has 86 valence electrons. The first-order valence-electron chi connectivity index (χ1n) is 6.11. The van der Waals surface area contributed by atoms with E-state index in [-0.39, 0.29) is 0 Å². The minimum Gasteiger partial charge on any atom is -0.389 e. The van der Waals surface area contributed by atoms with Gasteiger partial charge in [0.25, 0.3) is 0 Å². The first-order chi connectivity index (χ1) is 6.68. The van der Waals surface area contributed by atoms with Crippen molar-refractivity contribution < 1.29 is 5.11 Å². The molecule has 0 rings (SSSR count). The Balaban J connectivity index is 3.34. The summed E-state index contributed by atoms with van der Waals surface area (Å²) in [5, 5.41) is 13.3. The van der Waals surface area contributed by atoms with Crippen molar-refractivity contribution in [1.82, 2.24) is 5.32 Å². The average molecular weight is 201 g/mol. The predicted octanol–water partition coefficient (Wildman–Crippen LogP) is 2.71. The second kappa shape index (κ2) is 8.25. The monoisotopic (exact) mass is 201 g/mol. The zero-order valence-electron chi connectivity index (χ0n) is 10.1. The topological polar surface area (TPSA) is 32.3 Å². The third-order valence-electron chi connectivity index (χ3n) is 2.98. The van der Waals surface area contributed by atoms with E-state index in [2.05, 4.69) is 12.2 Å². The van der Waals surface area contributed by atoms with Crippen molar-refractivity contribution in [2.45, 2.75) is 64.9 Å². The van der Waals surface area contributed by atoms with Gasteiger partial charge in [0.05, 0.1) is 5.60 Å². The molecule has 2 heteroatoms. The lowest BCUT2D eigenvalue weighted by atomic mass is 9.97. The fraction of sp³-hybridized carbons (Fsp3) is 1.00. The van der Waals surface area contributed by atoms with Crippen LogP contribution in [-0.2, 0) is 0 Å². The van der Waals surface area contributed by atoms with Crippen molar-refractivity contribution in [2.75, 3.05) is 13.1 Å². The van der Waals surface area contributed by atoms with E-state index in [0.717, 1.165) is 25.9 Å². The molecule has 0 atom stereocenters. The Bertz CT molecular complexity index is 121. The van der Waals surface area contributed by atoms with Crippen LogP contribution in [0.25, 0.3) is 0 Å². The Morgan fingerprint density at radius 1 is 1.00 bits per heavy atom. The number of hydrogen-bond acceptors (Lipinski definition) is 2. The lowest BCUT2D eigenvalue weighted by Gasteiger charge is -2.25. The van der Waals surface area contributed by atoms with Crippen molar-refractivity contribution in [2.24, 2.45) is 0 Å². The minimum atomic E-state index is -0.481. The molecule has 0 aliphatic heterocycles. The molecule has 0 aromatic heterocycles. The molecule has 0 radical (unpaired) electrons. The summed E-state index contributed by atoms with van der Waals surface area (Å²) in [5.41, 5.74) is -0.481. The zero-order chi connectivity index (χ0) is 10.9. The maximum Gasteiger partial charge on any atom is 0.0766 e.